The van der Waals surface area contributed by atoms with Gasteiger partial charge < -0.3 is 50.3 Å². The van der Waals surface area contributed by atoms with Crippen molar-refractivity contribution in [3.05, 3.63) is 36.4 Å². The first-order valence-corrected chi connectivity index (χ1v) is 7.57. The minimum absolute atomic E-state index is 0.199. The predicted molar refractivity (Wildman–Crippen MR) is 92.8 cm³/mol. The molecule has 3 aromatic carbocycles. The van der Waals surface area contributed by atoms with E-state index in [1.807, 2.05) is 0 Å². The summed E-state index contributed by atoms with van der Waals surface area (Å²) >= 11 is 0. The first-order chi connectivity index (χ1) is 13.2. The van der Waals surface area contributed by atoms with E-state index in [4.69, 9.17) is 9.47 Å². The molecule has 0 radical (unpaired) electrons. The van der Waals surface area contributed by atoms with Crippen LogP contribution in [0.25, 0.3) is 0 Å². The van der Waals surface area contributed by atoms with Crippen LogP contribution < -0.4 is 9.47 Å². The molecule has 0 atom stereocenters. The third-order valence-electron chi connectivity index (χ3n) is 3.54. The number of phenolic OH excluding ortho intramolecular Hbond substituents is 8. The van der Waals surface area contributed by atoms with Gasteiger partial charge in [0, 0.05) is 36.4 Å². The lowest BCUT2D eigenvalue weighted by Gasteiger charge is -2.14. The maximum Gasteiger partial charge on any atom is 0.210 e. The molecule has 28 heavy (non-hydrogen) atoms. The number of hydrogen-bond acceptors (Lipinski definition) is 10. The van der Waals surface area contributed by atoms with Crippen LogP contribution in [0, 0.1) is 0 Å². The summed E-state index contributed by atoms with van der Waals surface area (Å²) in [7, 11) is 0. The normalized spacial score (nSPS) is 10.6. The SMILES string of the molecule is Oc1cc(O)c(Oc2cc(O)c(Oc3cc(O)c(O)c(O)c3)c(O)c2)c(O)c1. The number of phenols is 8. The van der Waals surface area contributed by atoms with Crippen LogP contribution in [0.4, 0.5) is 0 Å². The largest absolute Gasteiger partial charge is 0.508 e. The van der Waals surface area contributed by atoms with Gasteiger partial charge in [-0.05, 0) is 0 Å². The molecule has 8 N–H and O–H groups in total. The molecular weight excluding hydrogens is 376 g/mol. The van der Waals surface area contributed by atoms with Crippen LogP contribution in [0.1, 0.15) is 0 Å². The summed E-state index contributed by atoms with van der Waals surface area (Å²) in [6.07, 6.45) is 0. The number of benzene rings is 3. The fraction of sp³-hybridized carbons (Fsp3) is 0. The summed E-state index contributed by atoms with van der Waals surface area (Å²) in [6.45, 7) is 0. The van der Waals surface area contributed by atoms with Crippen molar-refractivity contribution in [2.24, 2.45) is 0 Å². The topological polar surface area (TPSA) is 180 Å². The van der Waals surface area contributed by atoms with Crippen LogP contribution in [-0.4, -0.2) is 40.9 Å². The lowest BCUT2D eigenvalue weighted by Crippen LogP contribution is -1.90. The Kier molecular flexibility index (Phi) is 4.45. The van der Waals surface area contributed by atoms with Gasteiger partial charge >= 0.3 is 0 Å². The summed E-state index contributed by atoms with van der Waals surface area (Å²) in [5, 5.41) is 77.2. The van der Waals surface area contributed by atoms with Crippen molar-refractivity contribution in [1.29, 1.82) is 0 Å². The van der Waals surface area contributed by atoms with E-state index in [1.54, 1.807) is 0 Å². The minimum Gasteiger partial charge on any atom is -0.508 e. The van der Waals surface area contributed by atoms with Crippen molar-refractivity contribution in [1.82, 2.24) is 0 Å². The smallest absolute Gasteiger partial charge is 0.210 e. The monoisotopic (exact) mass is 390 g/mol. The first-order valence-electron chi connectivity index (χ1n) is 7.57. The van der Waals surface area contributed by atoms with Crippen LogP contribution in [0.15, 0.2) is 36.4 Å². The van der Waals surface area contributed by atoms with Crippen LogP contribution in [0.5, 0.6) is 69.0 Å². The molecule has 3 aromatic rings. The van der Waals surface area contributed by atoms with Gasteiger partial charge in [0.2, 0.25) is 17.2 Å². The molecule has 0 saturated heterocycles. The van der Waals surface area contributed by atoms with Crippen molar-refractivity contribution >= 4 is 0 Å². The summed E-state index contributed by atoms with van der Waals surface area (Å²) < 4.78 is 10.4. The van der Waals surface area contributed by atoms with Gasteiger partial charge in [-0.1, -0.05) is 0 Å². The Balaban J connectivity index is 1.92. The number of rotatable bonds is 4. The van der Waals surface area contributed by atoms with Crippen molar-refractivity contribution in [3.8, 4) is 69.0 Å². The Morgan fingerprint density at radius 3 is 1.14 bits per heavy atom. The van der Waals surface area contributed by atoms with E-state index in [0.29, 0.717) is 0 Å². The highest BCUT2D eigenvalue weighted by molar-refractivity contribution is 5.61. The molecule has 146 valence electrons. The molecule has 0 aliphatic carbocycles. The third-order valence-corrected chi connectivity index (χ3v) is 3.54. The van der Waals surface area contributed by atoms with Gasteiger partial charge in [0.05, 0.1) is 0 Å². The number of ether oxygens (including phenoxy) is 2. The van der Waals surface area contributed by atoms with Crippen molar-refractivity contribution < 1.29 is 50.3 Å². The van der Waals surface area contributed by atoms with Gasteiger partial charge in [-0.15, -0.1) is 0 Å². The molecule has 10 heteroatoms. The fourth-order valence-corrected chi connectivity index (χ4v) is 2.30. The summed E-state index contributed by atoms with van der Waals surface area (Å²) in [5.41, 5.74) is 0. The van der Waals surface area contributed by atoms with E-state index in [2.05, 4.69) is 0 Å². The molecule has 0 aliphatic heterocycles. The molecule has 0 heterocycles. The maximum absolute atomic E-state index is 10.1. The van der Waals surface area contributed by atoms with E-state index >= 15 is 0 Å². The average Bonchev–Trinajstić information content (AvgIpc) is 2.59. The minimum atomic E-state index is -0.766. The predicted octanol–water partition coefficient (Wildman–Crippen LogP) is 2.92. The standard InChI is InChI=1S/C18H14O10/c19-7-1-12(22)17(13(23)2-7)28-9-5-14(24)18(15(25)6-9)27-8-3-10(20)16(26)11(21)4-8/h1-6,19-26H. The van der Waals surface area contributed by atoms with Crippen LogP contribution in [0.3, 0.4) is 0 Å². The second-order valence-corrected chi connectivity index (χ2v) is 5.62. The summed E-state index contributed by atoms with van der Waals surface area (Å²) in [5.74, 6) is -6.28. The second kappa shape index (κ2) is 6.76. The Morgan fingerprint density at radius 2 is 0.750 bits per heavy atom. The van der Waals surface area contributed by atoms with Gasteiger partial charge in [-0.2, -0.15) is 0 Å². The summed E-state index contributed by atoms with van der Waals surface area (Å²) in [4.78, 5) is 0. The Bertz CT molecular complexity index is 991. The molecule has 3 rings (SSSR count). The van der Waals surface area contributed by atoms with Crippen LogP contribution in [0.2, 0.25) is 0 Å². The van der Waals surface area contributed by atoms with Gasteiger partial charge in [0.1, 0.15) is 17.2 Å². The zero-order chi connectivity index (χ0) is 20.6. The highest BCUT2D eigenvalue weighted by atomic mass is 16.5. The van der Waals surface area contributed by atoms with E-state index < -0.39 is 57.5 Å². The van der Waals surface area contributed by atoms with Gasteiger partial charge in [0.15, 0.2) is 34.5 Å². The van der Waals surface area contributed by atoms with Crippen LogP contribution in [-0.2, 0) is 0 Å². The van der Waals surface area contributed by atoms with E-state index in [-0.39, 0.29) is 11.5 Å². The quantitative estimate of drug-likeness (QED) is 0.309. The highest BCUT2D eigenvalue weighted by Crippen LogP contribution is 2.48. The third kappa shape index (κ3) is 3.46. The van der Waals surface area contributed by atoms with E-state index in [9.17, 15) is 40.9 Å². The average molecular weight is 390 g/mol. The molecule has 0 spiro atoms. The molecule has 0 saturated carbocycles. The van der Waals surface area contributed by atoms with Crippen molar-refractivity contribution in [3.63, 3.8) is 0 Å². The molecule has 0 aliphatic rings. The molecule has 0 aromatic heterocycles. The first kappa shape index (κ1) is 18.5. The zero-order valence-corrected chi connectivity index (χ0v) is 13.9. The Morgan fingerprint density at radius 1 is 0.429 bits per heavy atom. The van der Waals surface area contributed by atoms with Crippen molar-refractivity contribution in [2.45, 2.75) is 0 Å². The molecule has 0 amide bonds. The lowest BCUT2D eigenvalue weighted by molar-refractivity contribution is 0.347. The van der Waals surface area contributed by atoms with Gasteiger partial charge in [0.25, 0.3) is 0 Å². The highest BCUT2D eigenvalue weighted by Gasteiger charge is 2.18. The van der Waals surface area contributed by atoms with E-state index in [1.165, 1.54) is 0 Å². The fourth-order valence-electron chi connectivity index (χ4n) is 2.30. The Hall–Kier alpha value is -4.34. The lowest BCUT2D eigenvalue weighted by atomic mass is 10.2. The van der Waals surface area contributed by atoms with Gasteiger partial charge in [-0.3, -0.25) is 0 Å². The number of aromatic hydroxyl groups is 8. The molecule has 0 fully saturated rings. The molecule has 0 unspecified atom stereocenters. The summed E-state index contributed by atoms with van der Waals surface area (Å²) in [6, 6.07) is 5.67. The molecule has 0 bridgehead atoms. The van der Waals surface area contributed by atoms with Gasteiger partial charge in [-0.25, -0.2) is 0 Å². The van der Waals surface area contributed by atoms with Crippen LogP contribution >= 0.6 is 0 Å². The van der Waals surface area contributed by atoms with E-state index in [0.717, 1.165) is 36.4 Å². The zero-order valence-electron chi connectivity index (χ0n) is 13.9. The Labute approximate surface area is 156 Å². The maximum atomic E-state index is 10.1. The molecular formula is C18H14O10. The van der Waals surface area contributed by atoms with Crippen molar-refractivity contribution in [2.75, 3.05) is 0 Å². The second-order valence-electron chi connectivity index (χ2n) is 5.62. The molecule has 10 nitrogen and oxygen atoms in total. The number of hydrogen-bond donors (Lipinski definition) is 8.